The molecule has 0 N–H and O–H groups in total. The minimum absolute atomic E-state index is 0.575. The Balaban J connectivity index is 0.000000145. The number of furan rings is 2. The van der Waals surface area contributed by atoms with Gasteiger partial charge in [-0.2, -0.15) is 0 Å². The monoisotopic (exact) mass is 1480 g/mol. The van der Waals surface area contributed by atoms with Crippen LogP contribution in [-0.2, 0) is 0 Å². The molecule has 0 radical (unpaired) electrons. The summed E-state index contributed by atoms with van der Waals surface area (Å²) in [6.07, 6.45) is 0. The number of nitrogens with zero attached hydrogens (tertiary/aromatic N) is 6. The Morgan fingerprint density at radius 2 is 0.448 bits per heavy atom. The van der Waals surface area contributed by atoms with E-state index in [2.05, 4.69) is 370 Å². The van der Waals surface area contributed by atoms with Crippen molar-refractivity contribution < 1.29 is 8.83 Å². The molecule has 0 amide bonds. The van der Waals surface area contributed by atoms with E-state index in [4.69, 9.17) is 38.7 Å². The van der Waals surface area contributed by atoms with Gasteiger partial charge in [0.1, 0.15) is 22.3 Å². The molecule has 4 aromatic heterocycles. The van der Waals surface area contributed by atoms with E-state index in [0.717, 1.165) is 160 Å². The van der Waals surface area contributed by atoms with E-state index in [1.54, 1.807) is 0 Å². The van der Waals surface area contributed by atoms with Crippen molar-refractivity contribution in [1.82, 2.24) is 29.9 Å². The van der Waals surface area contributed by atoms with Crippen LogP contribution >= 0.6 is 0 Å². The van der Waals surface area contributed by atoms with Gasteiger partial charge in [-0.15, -0.1) is 0 Å². The lowest BCUT2D eigenvalue weighted by atomic mass is 9.96. The summed E-state index contributed by atoms with van der Waals surface area (Å²) < 4.78 is 13.2. The molecule has 22 aromatic rings. The van der Waals surface area contributed by atoms with Crippen molar-refractivity contribution in [3.8, 4) is 146 Å². The van der Waals surface area contributed by atoms with Crippen LogP contribution in [0.1, 0.15) is 0 Å². The first kappa shape index (κ1) is 68.4. The van der Waals surface area contributed by atoms with Crippen molar-refractivity contribution in [3.05, 3.63) is 413 Å². The van der Waals surface area contributed by atoms with Crippen LogP contribution in [0.2, 0.25) is 0 Å². The molecule has 0 atom stereocenters. The third kappa shape index (κ3) is 13.0. The lowest BCUT2D eigenvalue weighted by Gasteiger charge is -2.13. The van der Waals surface area contributed by atoms with Gasteiger partial charge in [0.2, 0.25) is 0 Å². The summed E-state index contributed by atoms with van der Waals surface area (Å²) in [4.78, 5) is 31.1. The van der Waals surface area contributed by atoms with Crippen molar-refractivity contribution >= 4 is 76.2 Å². The number of fused-ring (bicyclic) bond motifs is 10. The van der Waals surface area contributed by atoms with Gasteiger partial charge >= 0.3 is 0 Å². The molecule has 18 aromatic carbocycles. The molecule has 0 saturated carbocycles. The second-order valence-electron chi connectivity index (χ2n) is 29.2. The van der Waals surface area contributed by atoms with E-state index in [9.17, 15) is 0 Å². The minimum Gasteiger partial charge on any atom is -0.456 e. The maximum Gasteiger partial charge on any atom is 0.164 e. The van der Waals surface area contributed by atoms with Crippen molar-refractivity contribution in [2.75, 3.05) is 0 Å². The first-order valence-corrected chi connectivity index (χ1v) is 39.0. The lowest BCUT2D eigenvalue weighted by molar-refractivity contribution is 0.668. The summed E-state index contributed by atoms with van der Waals surface area (Å²) in [5.74, 6) is 3.59. The molecular formula is C108H68N6O2. The van der Waals surface area contributed by atoms with Crippen molar-refractivity contribution in [2.45, 2.75) is 0 Å². The largest absolute Gasteiger partial charge is 0.456 e. The zero-order valence-corrected chi connectivity index (χ0v) is 62.8. The summed E-state index contributed by atoms with van der Waals surface area (Å²) in [5, 5.41) is 11.1. The topological polar surface area (TPSA) is 104 Å². The average molecular weight is 1480 g/mol. The highest BCUT2D eigenvalue weighted by Gasteiger charge is 2.22. The molecule has 116 heavy (non-hydrogen) atoms. The number of hydrogen-bond donors (Lipinski definition) is 0. The van der Waals surface area contributed by atoms with E-state index in [1.165, 1.54) is 27.6 Å². The number of aromatic nitrogens is 6. The zero-order chi connectivity index (χ0) is 76.8. The van der Waals surface area contributed by atoms with Crippen molar-refractivity contribution in [2.24, 2.45) is 0 Å². The van der Waals surface area contributed by atoms with Crippen LogP contribution in [0.3, 0.4) is 0 Å². The maximum atomic E-state index is 6.60. The van der Waals surface area contributed by atoms with Gasteiger partial charge in [-0.1, -0.05) is 352 Å². The molecule has 0 aliphatic heterocycles. The molecule has 0 spiro atoms. The highest BCUT2D eigenvalue weighted by Crippen LogP contribution is 2.44. The normalized spacial score (nSPS) is 11.4. The molecule has 0 bridgehead atoms. The molecule has 0 aliphatic rings. The minimum atomic E-state index is 0.575. The number of hydrogen-bond acceptors (Lipinski definition) is 8. The molecule has 22 rings (SSSR count). The Morgan fingerprint density at radius 1 is 0.138 bits per heavy atom. The Morgan fingerprint density at radius 3 is 0.931 bits per heavy atom. The van der Waals surface area contributed by atoms with Gasteiger partial charge in [-0.3, -0.25) is 0 Å². The average Bonchev–Trinajstić information content (AvgIpc) is 0.836. The van der Waals surface area contributed by atoms with Crippen LogP contribution in [0.4, 0.5) is 0 Å². The van der Waals surface area contributed by atoms with Gasteiger partial charge in [0.05, 0.1) is 0 Å². The number of rotatable bonds is 13. The highest BCUT2D eigenvalue weighted by molar-refractivity contribution is 6.16. The van der Waals surface area contributed by atoms with E-state index in [0.29, 0.717) is 34.9 Å². The molecule has 0 fully saturated rings. The molecule has 4 heterocycles. The van der Waals surface area contributed by atoms with Crippen LogP contribution in [0.5, 0.6) is 0 Å². The standard InChI is InChI=1S/C55H35N3O.C53H33N3O/c1-4-13-36(14-5-1)38-25-27-41(28-26-38)47-23-12-24-50-52(47)48-32-31-45(35-51(48)59-50)55-57-53(43-21-10-20-42(33-43)37-15-6-2-7-16-37)56-54(58-55)44-30-29-40-19-11-22-46(49(40)34-44)39-17-8-3-9-18-39;1-3-13-34(14-4-1)36-25-27-37(28-26-36)43-23-12-24-48-50(43)46-30-29-41(33-49(46)57-48)52-54-51(40-19-11-18-38(31-40)35-15-5-2-6-16-35)55-53(56-52)47-32-39-17-7-8-20-42(39)44-21-9-10-22-45(44)47/h1-35H;1-33H. The van der Waals surface area contributed by atoms with Gasteiger partial charge in [-0.25, -0.2) is 29.9 Å². The Labute approximate surface area is 669 Å². The predicted octanol–water partition coefficient (Wildman–Crippen LogP) is 28.7. The number of benzene rings is 18. The maximum absolute atomic E-state index is 6.60. The van der Waals surface area contributed by atoms with Crippen LogP contribution < -0.4 is 0 Å². The third-order valence-electron chi connectivity index (χ3n) is 22.1. The predicted molar refractivity (Wildman–Crippen MR) is 477 cm³/mol. The Hall–Kier alpha value is -15.6. The zero-order valence-electron chi connectivity index (χ0n) is 62.8. The quantitative estimate of drug-likeness (QED) is 0.105. The van der Waals surface area contributed by atoms with Gasteiger partial charge in [0, 0.05) is 54.9 Å². The molecule has 8 nitrogen and oxygen atoms in total. The molecular weight excluding hydrogens is 1410 g/mol. The smallest absolute Gasteiger partial charge is 0.164 e. The summed E-state index contributed by atoms with van der Waals surface area (Å²) in [5.41, 5.74) is 24.7. The summed E-state index contributed by atoms with van der Waals surface area (Å²) in [7, 11) is 0. The van der Waals surface area contributed by atoms with Crippen molar-refractivity contribution in [3.63, 3.8) is 0 Å². The fourth-order valence-electron chi connectivity index (χ4n) is 16.3. The molecule has 8 heteroatoms. The van der Waals surface area contributed by atoms with Crippen LogP contribution in [0.15, 0.2) is 421 Å². The Bertz CT molecular complexity index is 7480. The van der Waals surface area contributed by atoms with Gasteiger partial charge < -0.3 is 8.83 Å². The second kappa shape index (κ2) is 29.6. The summed E-state index contributed by atoms with van der Waals surface area (Å²) >= 11 is 0. The van der Waals surface area contributed by atoms with Gasteiger partial charge in [0.25, 0.3) is 0 Å². The molecule has 0 saturated heterocycles. The lowest BCUT2D eigenvalue weighted by Crippen LogP contribution is -2.01. The first-order valence-electron chi connectivity index (χ1n) is 39.0. The SMILES string of the molecule is c1ccc(-c2ccc(-c3cccc4oc5cc(-c6nc(-c7cccc(-c8ccccc8)c7)nc(-c7cc8ccccc8c8ccccc78)n6)ccc5c34)cc2)cc1.c1ccc(-c2ccc(-c3cccc4oc5cc(-c6nc(-c7cccc(-c8ccccc8)c7)nc(-c7ccc8cccc(-c9ccccc9)c8c7)n6)ccc5c34)cc2)cc1. The van der Waals surface area contributed by atoms with E-state index < -0.39 is 0 Å². The summed E-state index contributed by atoms with van der Waals surface area (Å²) in [6, 6.07) is 144. The third-order valence-corrected chi connectivity index (χ3v) is 22.1. The van der Waals surface area contributed by atoms with Crippen molar-refractivity contribution in [1.29, 1.82) is 0 Å². The molecule has 0 aliphatic carbocycles. The van der Waals surface area contributed by atoms with E-state index >= 15 is 0 Å². The van der Waals surface area contributed by atoms with Gasteiger partial charge in [-0.05, 0) is 171 Å². The molecule has 542 valence electrons. The second-order valence-corrected chi connectivity index (χ2v) is 29.2. The van der Waals surface area contributed by atoms with Gasteiger partial charge in [0.15, 0.2) is 34.9 Å². The highest BCUT2D eigenvalue weighted by atomic mass is 16.3. The Kier molecular flexibility index (Phi) is 17.4. The molecule has 0 unspecified atom stereocenters. The first-order chi connectivity index (χ1) is 57.4. The van der Waals surface area contributed by atoms with E-state index in [-0.39, 0.29) is 0 Å². The fraction of sp³-hybridized carbons (Fsp3) is 0. The van der Waals surface area contributed by atoms with Crippen LogP contribution in [0, 0.1) is 0 Å². The summed E-state index contributed by atoms with van der Waals surface area (Å²) in [6.45, 7) is 0. The van der Waals surface area contributed by atoms with Crippen LogP contribution in [0.25, 0.3) is 222 Å². The van der Waals surface area contributed by atoms with Crippen LogP contribution in [-0.4, -0.2) is 29.9 Å². The van der Waals surface area contributed by atoms with E-state index in [1.807, 2.05) is 42.5 Å². The fourth-order valence-corrected chi connectivity index (χ4v) is 16.3.